The van der Waals surface area contributed by atoms with Crippen LogP contribution in [0.3, 0.4) is 0 Å². The van der Waals surface area contributed by atoms with Gasteiger partial charge in [-0.15, -0.1) is 0 Å². The van der Waals surface area contributed by atoms with Crippen LogP contribution in [0.2, 0.25) is 0 Å². The summed E-state index contributed by atoms with van der Waals surface area (Å²) in [7, 11) is 0. The number of rotatable bonds is 3. The third-order valence-electron chi connectivity index (χ3n) is 3.88. The Morgan fingerprint density at radius 3 is 2.74 bits per heavy atom. The number of nitrogens with two attached hydrogens (primary N) is 1. The Hall–Kier alpha value is -1.29. The summed E-state index contributed by atoms with van der Waals surface area (Å²) in [6.07, 6.45) is 4.64. The molecule has 19 heavy (non-hydrogen) atoms. The van der Waals surface area contributed by atoms with Crippen molar-refractivity contribution in [1.82, 2.24) is 0 Å². The lowest BCUT2D eigenvalue weighted by atomic mass is 9.88. The van der Waals surface area contributed by atoms with Crippen LogP contribution in [0.5, 0.6) is 0 Å². The molecule has 2 N–H and O–H groups in total. The van der Waals surface area contributed by atoms with E-state index in [1.165, 1.54) is 12.1 Å². The Morgan fingerprint density at radius 1 is 1.21 bits per heavy atom. The van der Waals surface area contributed by atoms with Crippen molar-refractivity contribution in [3.05, 3.63) is 35.4 Å². The molecular formula is C15H19F2NO. The first kappa shape index (κ1) is 14.1. The zero-order chi connectivity index (χ0) is 13.8. The van der Waals surface area contributed by atoms with E-state index >= 15 is 0 Å². The zero-order valence-corrected chi connectivity index (χ0v) is 10.9. The van der Waals surface area contributed by atoms with Crippen molar-refractivity contribution < 1.29 is 13.6 Å². The number of ketones is 1. The Kier molecular flexibility index (Phi) is 4.64. The van der Waals surface area contributed by atoms with Crippen molar-refractivity contribution in [1.29, 1.82) is 0 Å². The molecular weight excluding hydrogens is 248 g/mol. The lowest BCUT2D eigenvalue weighted by Gasteiger charge is -2.20. The molecule has 0 saturated heterocycles. The van der Waals surface area contributed by atoms with Crippen LogP contribution in [0, 0.1) is 17.6 Å². The van der Waals surface area contributed by atoms with Gasteiger partial charge in [0, 0.05) is 18.4 Å². The van der Waals surface area contributed by atoms with E-state index in [1.807, 2.05) is 0 Å². The Bertz CT molecular complexity index is 461. The minimum Gasteiger partial charge on any atom is -0.327 e. The quantitative estimate of drug-likeness (QED) is 0.855. The van der Waals surface area contributed by atoms with Gasteiger partial charge >= 0.3 is 0 Å². The van der Waals surface area contributed by atoms with Gasteiger partial charge < -0.3 is 5.73 Å². The summed E-state index contributed by atoms with van der Waals surface area (Å²) in [5.41, 5.74) is 6.14. The van der Waals surface area contributed by atoms with Gasteiger partial charge in [-0.25, -0.2) is 8.78 Å². The smallest absolute Gasteiger partial charge is 0.162 e. The highest BCUT2D eigenvalue weighted by molar-refractivity contribution is 5.84. The van der Waals surface area contributed by atoms with Crippen molar-refractivity contribution in [3.63, 3.8) is 0 Å². The summed E-state index contributed by atoms with van der Waals surface area (Å²) in [5, 5.41) is 0. The molecule has 0 spiro atoms. The lowest BCUT2D eigenvalue weighted by Crippen LogP contribution is -2.35. The molecule has 1 fully saturated rings. The first-order valence-corrected chi connectivity index (χ1v) is 6.81. The normalized spacial score (nSPS) is 23.9. The summed E-state index contributed by atoms with van der Waals surface area (Å²) < 4.78 is 26.7. The number of hydrogen-bond donors (Lipinski definition) is 1. The fraction of sp³-hybridized carbons (Fsp3) is 0.533. The molecule has 1 aliphatic carbocycles. The highest BCUT2D eigenvalue weighted by atomic mass is 19.2. The van der Waals surface area contributed by atoms with E-state index in [9.17, 15) is 13.6 Å². The summed E-state index contributed by atoms with van der Waals surface area (Å²) in [6, 6.07) is 3.79. The third kappa shape index (κ3) is 3.38. The number of carbonyl (C=O) groups is 1. The molecule has 0 bridgehead atoms. The van der Waals surface area contributed by atoms with Gasteiger partial charge in [0.25, 0.3) is 0 Å². The van der Waals surface area contributed by atoms with Crippen LogP contribution in [0.15, 0.2) is 18.2 Å². The minimum absolute atomic E-state index is 0.0675. The molecule has 2 rings (SSSR count). The third-order valence-corrected chi connectivity index (χ3v) is 3.88. The van der Waals surface area contributed by atoms with E-state index in [4.69, 9.17) is 5.73 Å². The lowest BCUT2D eigenvalue weighted by molar-refractivity contribution is -0.123. The molecule has 2 unspecified atom stereocenters. The molecule has 0 aromatic heterocycles. The van der Waals surface area contributed by atoms with Crippen molar-refractivity contribution >= 4 is 5.78 Å². The van der Waals surface area contributed by atoms with E-state index in [-0.39, 0.29) is 29.7 Å². The SMILES string of the molecule is NC1CCCCCC1C(=O)Cc1cccc(F)c1F. The van der Waals surface area contributed by atoms with Crippen LogP contribution >= 0.6 is 0 Å². The summed E-state index contributed by atoms with van der Waals surface area (Å²) >= 11 is 0. The van der Waals surface area contributed by atoms with Crippen molar-refractivity contribution in [2.24, 2.45) is 11.7 Å². The van der Waals surface area contributed by atoms with E-state index in [1.54, 1.807) is 0 Å². The van der Waals surface area contributed by atoms with E-state index < -0.39 is 11.6 Å². The Labute approximate surface area is 112 Å². The molecule has 1 aliphatic rings. The number of hydrogen-bond acceptors (Lipinski definition) is 2. The van der Waals surface area contributed by atoms with Gasteiger partial charge in [-0.2, -0.15) is 0 Å². The number of benzene rings is 1. The maximum Gasteiger partial charge on any atom is 0.162 e. The highest BCUT2D eigenvalue weighted by Crippen LogP contribution is 2.24. The number of Topliss-reactive ketones (excluding diaryl/α,β-unsaturated/α-hetero) is 1. The monoisotopic (exact) mass is 267 g/mol. The van der Waals surface area contributed by atoms with Crippen LogP contribution in [0.1, 0.15) is 37.7 Å². The second-order valence-corrected chi connectivity index (χ2v) is 5.26. The van der Waals surface area contributed by atoms with Gasteiger partial charge in [0.15, 0.2) is 11.6 Å². The van der Waals surface area contributed by atoms with Gasteiger partial charge in [0.05, 0.1) is 0 Å². The van der Waals surface area contributed by atoms with Crippen LogP contribution in [0.4, 0.5) is 8.78 Å². The largest absolute Gasteiger partial charge is 0.327 e. The maximum atomic E-state index is 13.5. The molecule has 0 radical (unpaired) electrons. The van der Waals surface area contributed by atoms with Crippen molar-refractivity contribution in [3.8, 4) is 0 Å². The van der Waals surface area contributed by atoms with Gasteiger partial charge in [0.1, 0.15) is 5.78 Å². The Morgan fingerprint density at radius 2 is 1.95 bits per heavy atom. The zero-order valence-electron chi connectivity index (χ0n) is 10.9. The molecule has 1 saturated carbocycles. The van der Waals surface area contributed by atoms with Crippen LogP contribution in [-0.4, -0.2) is 11.8 Å². The minimum atomic E-state index is -0.918. The molecule has 2 nitrogen and oxygen atoms in total. The van der Waals surface area contributed by atoms with E-state index in [0.717, 1.165) is 38.2 Å². The predicted octanol–water partition coefficient (Wildman–Crippen LogP) is 2.98. The second kappa shape index (κ2) is 6.24. The Balaban J connectivity index is 2.09. The van der Waals surface area contributed by atoms with E-state index in [0.29, 0.717) is 0 Å². The van der Waals surface area contributed by atoms with E-state index in [2.05, 4.69) is 0 Å². The average molecular weight is 267 g/mol. The van der Waals surface area contributed by atoms with Crippen LogP contribution in [0.25, 0.3) is 0 Å². The van der Waals surface area contributed by atoms with Gasteiger partial charge in [-0.1, -0.05) is 31.4 Å². The molecule has 2 atom stereocenters. The van der Waals surface area contributed by atoms with Crippen molar-refractivity contribution in [2.75, 3.05) is 0 Å². The molecule has 1 aromatic carbocycles. The second-order valence-electron chi connectivity index (χ2n) is 5.26. The first-order valence-electron chi connectivity index (χ1n) is 6.81. The fourth-order valence-corrected chi connectivity index (χ4v) is 2.74. The molecule has 0 amide bonds. The van der Waals surface area contributed by atoms with Gasteiger partial charge in [0.2, 0.25) is 0 Å². The topological polar surface area (TPSA) is 43.1 Å². The average Bonchev–Trinajstić information content (AvgIpc) is 2.59. The van der Waals surface area contributed by atoms with Crippen molar-refractivity contribution in [2.45, 2.75) is 44.6 Å². The number of carbonyl (C=O) groups excluding carboxylic acids is 1. The predicted molar refractivity (Wildman–Crippen MR) is 69.6 cm³/mol. The molecule has 104 valence electrons. The van der Waals surface area contributed by atoms with Crippen LogP contribution < -0.4 is 5.73 Å². The maximum absolute atomic E-state index is 13.5. The highest BCUT2D eigenvalue weighted by Gasteiger charge is 2.27. The summed E-state index contributed by atoms with van der Waals surface area (Å²) in [5.74, 6) is -2.11. The molecule has 4 heteroatoms. The molecule has 1 aromatic rings. The fourth-order valence-electron chi connectivity index (χ4n) is 2.74. The molecule has 0 aliphatic heterocycles. The van der Waals surface area contributed by atoms with Crippen LogP contribution in [-0.2, 0) is 11.2 Å². The summed E-state index contributed by atoms with van der Waals surface area (Å²) in [4.78, 5) is 12.2. The van der Waals surface area contributed by atoms with Gasteiger partial charge in [-0.05, 0) is 24.5 Å². The standard InChI is InChI=1S/C15H19F2NO/c16-12-7-4-5-10(15(12)17)9-14(19)11-6-2-1-3-8-13(11)18/h4-5,7,11,13H,1-3,6,8-9,18H2. The first-order chi connectivity index (χ1) is 9.09. The number of halogens is 2. The summed E-state index contributed by atoms with van der Waals surface area (Å²) in [6.45, 7) is 0. The van der Waals surface area contributed by atoms with Gasteiger partial charge in [-0.3, -0.25) is 4.79 Å². The molecule has 0 heterocycles.